The average Bonchev–Trinajstić information content (AvgIpc) is 2.88. The smallest absolute Gasteiger partial charge is 0.254 e. The van der Waals surface area contributed by atoms with E-state index in [1.807, 2.05) is 88.4 Å². The first kappa shape index (κ1) is 26.9. The molecular weight excluding hydrogens is 442 g/mol. The summed E-state index contributed by atoms with van der Waals surface area (Å²) < 4.78 is 6.47. The number of carbonyl (C=O) groups excluding carboxylic acids is 2. The normalized spacial score (nSPS) is 19.5. The third-order valence-corrected chi connectivity index (χ3v) is 6.75. The fourth-order valence-electron chi connectivity index (χ4n) is 4.43. The van der Waals surface area contributed by atoms with E-state index in [0.29, 0.717) is 38.2 Å². The molecule has 1 N–H and O–H groups in total. The maximum atomic E-state index is 13.8. The summed E-state index contributed by atoms with van der Waals surface area (Å²) in [7, 11) is 5.71. The van der Waals surface area contributed by atoms with Gasteiger partial charge in [-0.3, -0.25) is 9.59 Å². The molecule has 0 radical (unpaired) electrons. The number of aliphatic hydroxyl groups is 1. The summed E-state index contributed by atoms with van der Waals surface area (Å²) in [5.41, 5.74) is 3.42. The van der Waals surface area contributed by atoms with Crippen molar-refractivity contribution in [1.82, 2.24) is 14.7 Å². The Bertz CT molecular complexity index is 1010. The van der Waals surface area contributed by atoms with Crippen molar-refractivity contribution in [2.45, 2.75) is 39.0 Å². The van der Waals surface area contributed by atoms with Gasteiger partial charge >= 0.3 is 0 Å². The molecule has 3 rings (SSSR count). The summed E-state index contributed by atoms with van der Waals surface area (Å²) in [6, 6.07) is 15.2. The third kappa shape index (κ3) is 6.69. The molecule has 0 saturated heterocycles. The molecule has 0 bridgehead atoms. The molecule has 0 aliphatic carbocycles. The zero-order valence-corrected chi connectivity index (χ0v) is 21.6. The lowest BCUT2D eigenvalue weighted by molar-refractivity contribution is -0.133. The van der Waals surface area contributed by atoms with Gasteiger partial charge in [-0.2, -0.15) is 0 Å². The summed E-state index contributed by atoms with van der Waals surface area (Å²) in [5.74, 6) is -0.109. The second-order valence-corrected chi connectivity index (χ2v) is 9.85. The van der Waals surface area contributed by atoms with Crippen molar-refractivity contribution >= 4 is 11.8 Å². The molecule has 7 heteroatoms. The Morgan fingerprint density at radius 3 is 2.37 bits per heavy atom. The molecule has 0 saturated carbocycles. The van der Waals surface area contributed by atoms with Crippen LogP contribution in [0.4, 0.5) is 0 Å². The Labute approximate surface area is 209 Å². The van der Waals surface area contributed by atoms with Gasteiger partial charge in [0.15, 0.2) is 0 Å². The van der Waals surface area contributed by atoms with Crippen LogP contribution >= 0.6 is 0 Å². The molecule has 190 valence electrons. The van der Waals surface area contributed by atoms with E-state index in [1.54, 1.807) is 9.80 Å². The van der Waals surface area contributed by atoms with Crippen LogP contribution in [-0.4, -0.2) is 91.2 Å². The molecule has 35 heavy (non-hydrogen) atoms. The quantitative estimate of drug-likeness (QED) is 0.658. The lowest BCUT2D eigenvalue weighted by atomic mass is 9.94. The molecule has 0 aromatic heterocycles. The van der Waals surface area contributed by atoms with Crippen molar-refractivity contribution in [3.05, 3.63) is 59.7 Å². The van der Waals surface area contributed by atoms with Gasteiger partial charge in [0, 0.05) is 44.6 Å². The zero-order chi connectivity index (χ0) is 25.5. The molecule has 0 fully saturated rings. The van der Waals surface area contributed by atoms with E-state index in [2.05, 4.69) is 0 Å². The molecule has 7 nitrogen and oxygen atoms in total. The molecule has 3 atom stereocenters. The predicted octanol–water partition coefficient (Wildman–Crippen LogP) is 3.12. The van der Waals surface area contributed by atoms with Gasteiger partial charge in [0.25, 0.3) is 5.91 Å². The van der Waals surface area contributed by atoms with E-state index in [-0.39, 0.29) is 36.5 Å². The Morgan fingerprint density at radius 1 is 1.09 bits per heavy atom. The van der Waals surface area contributed by atoms with Gasteiger partial charge in [-0.05, 0) is 43.8 Å². The van der Waals surface area contributed by atoms with E-state index in [4.69, 9.17) is 4.74 Å². The molecule has 2 aromatic rings. The van der Waals surface area contributed by atoms with Crippen molar-refractivity contribution < 1.29 is 19.4 Å². The highest BCUT2D eigenvalue weighted by molar-refractivity contribution is 6.01. The van der Waals surface area contributed by atoms with E-state index < -0.39 is 0 Å². The van der Waals surface area contributed by atoms with Crippen LogP contribution in [0.1, 0.15) is 36.2 Å². The number of carbonyl (C=O) groups is 2. The van der Waals surface area contributed by atoms with Crippen LogP contribution in [0.25, 0.3) is 11.1 Å². The Morgan fingerprint density at radius 2 is 1.71 bits per heavy atom. The maximum absolute atomic E-state index is 13.8. The monoisotopic (exact) mass is 481 g/mol. The SMILES string of the molecule is C[C@@H]1CN([C@@H](C)CO)C(=O)c2ccccc2-c2ccccc2CO[C@H]1CN(C)C(=O)CCN(C)C. The number of nitrogens with zero attached hydrogens (tertiary/aromatic N) is 3. The summed E-state index contributed by atoms with van der Waals surface area (Å²) >= 11 is 0. The highest BCUT2D eigenvalue weighted by Crippen LogP contribution is 2.31. The van der Waals surface area contributed by atoms with Crippen LogP contribution in [0.15, 0.2) is 48.5 Å². The number of hydrogen-bond donors (Lipinski definition) is 1. The molecule has 2 aromatic carbocycles. The molecule has 0 unspecified atom stereocenters. The Balaban J connectivity index is 1.98. The van der Waals surface area contributed by atoms with Crippen LogP contribution < -0.4 is 0 Å². The van der Waals surface area contributed by atoms with E-state index >= 15 is 0 Å². The number of amides is 2. The standard InChI is InChI=1S/C28H39N3O4/c1-20-16-31(21(2)18-32)28(34)25-13-9-8-12-24(25)23-11-7-6-10-22(23)19-35-26(20)17-30(5)27(33)14-15-29(3)4/h6-13,20-21,26,32H,14-19H2,1-5H3/t20-,21+,26+/m1/s1. The molecule has 1 heterocycles. The van der Waals surface area contributed by atoms with Crippen LogP contribution in [0.3, 0.4) is 0 Å². The third-order valence-electron chi connectivity index (χ3n) is 6.75. The van der Waals surface area contributed by atoms with Crippen LogP contribution in [0.2, 0.25) is 0 Å². The van der Waals surface area contributed by atoms with E-state index in [0.717, 1.165) is 16.7 Å². The minimum absolute atomic E-state index is 0.0607. The van der Waals surface area contributed by atoms with Crippen LogP contribution in [0.5, 0.6) is 0 Å². The number of aliphatic hydroxyl groups excluding tert-OH is 1. The first-order valence-corrected chi connectivity index (χ1v) is 12.3. The van der Waals surface area contributed by atoms with E-state index in [9.17, 15) is 14.7 Å². The van der Waals surface area contributed by atoms with Gasteiger partial charge in [-0.15, -0.1) is 0 Å². The first-order chi connectivity index (χ1) is 16.7. The minimum Gasteiger partial charge on any atom is -0.394 e. The molecule has 0 spiro atoms. The van der Waals surface area contributed by atoms with E-state index in [1.165, 1.54) is 0 Å². The lowest BCUT2D eigenvalue weighted by Gasteiger charge is -2.35. The van der Waals surface area contributed by atoms with Crippen molar-refractivity contribution in [2.24, 2.45) is 5.92 Å². The summed E-state index contributed by atoms with van der Waals surface area (Å²) in [6.45, 7) is 5.67. The number of rotatable bonds is 7. The van der Waals surface area contributed by atoms with Crippen molar-refractivity contribution in [1.29, 1.82) is 0 Å². The molecule has 1 aliphatic rings. The number of benzene rings is 2. The van der Waals surface area contributed by atoms with Crippen LogP contribution in [-0.2, 0) is 16.1 Å². The van der Waals surface area contributed by atoms with Crippen molar-refractivity contribution in [3.8, 4) is 11.1 Å². The maximum Gasteiger partial charge on any atom is 0.254 e. The Kier molecular flexibility index (Phi) is 9.43. The molecule has 2 amide bonds. The minimum atomic E-state index is -0.353. The Hall–Kier alpha value is -2.74. The number of likely N-dealkylation sites (N-methyl/N-ethyl adjacent to an activating group) is 1. The van der Waals surface area contributed by atoms with Gasteiger partial charge in [-0.25, -0.2) is 0 Å². The van der Waals surface area contributed by atoms with Gasteiger partial charge in [0.05, 0.1) is 25.4 Å². The van der Waals surface area contributed by atoms with Gasteiger partial charge < -0.3 is 24.5 Å². The number of hydrogen-bond acceptors (Lipinski definition) is 5. The average molecular weight is 482 g/mol. The number of fused-ring (bicyclic) bond motifs is 3. The van der Waals surface area contributed by atoms with Crippen LogP contribution in [0, 0.1) is 5.92 Å². The number of ether oxygens (including phenoxy) is 1. The first-order valence-electron chi connectivity index (χ1n) is 12.3. The second kappa shape index (κ2) is 12.3. The highest BCUT2D eigenvalue weighted by Gasteiger charge is 2.31. The molecule has 1 aliphatic heterocycles. The largest absolute Gasteiger partial charge is 0.394 e. The van der Waals surface area contributed by atoms with Gasteiger partial charge in [0.2, 0.25) is 5.91 Å². The van der Waals surface area contributed by atoms with Crippen molar-refractivity contribution in [2.75, 3.05) is 47.4 Å². The predicted molar refractivity (Wildman–Crippen MR) is 138 cm³/mol. The summed E-state index contributed by atoms with van der Waals surface area (Å²) in [4.78, 5) is 32.0. The fourth-order valence-corrected chi connectivity index (χ4v) is 4.43. The second-order valence-electron chi connectivity index (χ2n) is 9.85. The van der Waals surface area contributed by atoms with Crippen molar-refractivity contribution in [3.63, 3.8) is 0 Å². The summed E-state index contributed by atoms with van der Waals surface area (Å²) in [5, 5.41) is 9.95. The zero-order valence-electron chi connectivity index (χ0n) is 21.6. The summed E-state index contributed by atoms with van der Waals surface area (Å²) in [6.07, 6.45) is 0.160. The fraction of sp³-hybridized carbons (Fsp3) is 0.500. The molecular formula is C28H39N3O4. The topological polar surface area (TPSA) is 73.3 Å². The highest BCUT2D eigenvalue weighted by atomic mass is 16.5. The van der Waals surface area contributed by atoms with Gasteiger partial charge in [0.1, 0.15) is 0 Å². The lowest BCUT2D eigenvalue weighted by Crippen LogP contribution is -2.47. The van der Waals surface area contributed by atoms with Gasteiger partial charge in [-0.1, -0.05) is 49.4 Å².